The highest BCUT2D eigenvalue weighted by molar-refractivity contribution is 5.81. The lowest BCUT2D eigenvalue weighted by molar-refractivity contribution is -0.159. The van der Waals surface area contributed by atoms with Crippen LogP contribution >= 0.6 is 0 Å². The zero-order valence-corrected chi connectivity index (χ0v) is 11.6. The number of allylic oxidation sites excluding steroid dienone is 2. The van der Waals surface area contributed by atoms with E-state index in [4.69, 9.17) is 15.0 Å². The van der Waals surface area contributed by atoms with Crippen molar-refractivity contribution in [1.29, 1.82) is 0 Å². The number of carboxylic acids is 3. The Hall–Kier alpha value is -1.85. The summed E-state index contributed by atoms with van der Waals surface area (Å²) in [5.41, 5.74) is -1.13. The van der Waals surface area contributed by atoms with Crippen molar-refractivity contribution in [3.05, 3.63) is 12.2 Å². The van der Waals surface area contributed by atoms with E-state index in [1.807, 2.05) is 0 Å². The summed E-state index contributed by atoms with van der Waals surface area (Å²) in [6.07, 6.45) is 5.71. The third-order valence-corrected chi connectivity index (χ3v) is 4.10. The molecule has 0 aromatic rings. The van der Waals surface area contributed by atoms with Crippen LogP contribution in [0.25, 0.3) is 0 Å². The Kier molecular flexibility index (Phi) is 4.92. The van der Waals surface area contributed by atoms with Crippen LogP contribution in [-0.2, 0) is 14.4 Å². The molecular formula is C14H20O6. The first-order valence-corrected chi connectivity index (χ1v) is 6.50. The van der Waals surface area contributed by atoms with Crippen LogP contribution < -0.4 is 0 Å². The second-order valence-corrected chi connectivity index (χ2v) is 5.70. The Balaban J connectivity index is 0.000000444. The maximum absolute atomic E-state index is 11.3. The van der Waals surface area contributed by atoms with Gasteiger partial charge in [-0.25, -0.2) is 0 Å². The van der Waals surface area contributed by atoms with Crippen molar-refractivity contribution in [1.82, 2.24) is 0 Å². The van der Waals surface area contributed by atoms with Gasteiger partial charge in [0.05, 0.1) is 11.8 Å². The summed E-state index contributed by atoms with van der Waals surface area (Å²) in [5, 5.41) is 25.5. The number of aliphatic carboxylic acids is 3. The molecule has 0 amide bonds. The van der Waals surface area contributed by atoms with Crippen LogP contribution in [-0.4, -0.2) is 33.2 Å². The molecule has 4 unspecified atom stereocenters. The number of hydrogen-bond acceptors (Lipinski definition) is 3. The molecular weight excluding hydrogens is 264 g/mol. The van der Waals surface area contributed by atoms with Gasteiger partial charge in [0, 0.05) is 6.92 Å². The van der Waals surface area contributed by atoms with Gasteiger partial charge in [0.1, 0.15) is 0 Å². The van der Waals surface area contributed by atoms with Gasteiger partial charge in [0.25, 0.3) is 5.97 Å². The van der Waals surface area contributed by atoms with Crippen molar-refractivity contribution in [3.8, 4) is 0 Å². The van der Waals surface area contributed by atoms with Crippen molar-refractivity contribution >= 4 is 17.9 Å². The van der Waals surface area contributed by atoms with E-state index in [-0.39, 0.29) is 18.3 Å². The van der Waals surface area contributed by atoms with Gasteiger partial charge in [-0.3, -0.25) is 14.4 Å². The SMILES string of the molecule is CC(=O)O.CC(CC(=O)O)(C(=O)O)C1CC2C=CC1C2. The first-order chi connectivity index (χ1) is 9.16. The normalized spacial score (nSPS) is 29.2. The third kappa shape index (κ3) is 3.59. The fourth-order valence-electron chi connectivity index (χ4n) is 3.19. The van der Waals surface area contributed by atoms with E-state index in [1.54, 1.807) is 6.92 Å². The number of hydrogen-bond donors (Lipinski definition) is 3. The van der Waals surface area contributed by atoms with Crippen molar-refractivity contribution in [2.45, 2.75) is 33.1 Å². The van der Waals surface area contributed by atoms with Crippen LogP contribution in [0, 0.1) is 23.2 Å². The molecule has 0 spiro atoms. The first-order valence-electron chi connectivity index (χ1n) is 6.50. The van der Waals surface area contributed by atoms with Crippen molar-refractivity contribution in [2.24, 2.45) is 23.2 Å². The molecule has 112 valence electrons. The van der Waals surface area contributed by atoms with E-state index in [9.17, 15) is 14.7 Å². The number of carboxylic acid groups (broad SMARTS) is 3. The monoisotopic (exact) mass is 284 g/mol. The van der Waals surface area contributed by atoms with Crippen molar-refractivity contribution in [2.75, 3.05) is 0 Å². The Morgan fingerprint density at radius 2 is 1.70 bits per heavy atom. The molecule has 4 atom stereocenters. The van der Waals surface area contributed by atoms with Crippen molar-refractivity contribution in [3.63, 3.8) is 0 Å². The van der Waals surface area contributed by atoms with E-state index < -0.39 is 23.3 Å². The second-order valence-electron chi connectivity index (χ2n) is 5.70. The lowest BCUT2D eigenvalue weighted by Gasteiger charge is -2.34. The predicted molar refractivity (Wildman–Crippen MR) is 70.1 cm³/mol. The van der Waals surface area contributed by atoms with Gasteiger partial charge in [-0.1, -0.05) is 12.2 Å². The zero-order chi connectivity index (χ0) is 15.5. The lowest BCUT2D eigenvalue weighted by Crippen LogP contribution is -2.39. The first kappa shape index (κ1) is 16.2. The Morgan fingerprint density at radius 3 is 2.00 bits per heavy atom. The molecule has 6 heteroatoms. The molecule has 0 aromatic carbocycles. The van der Waals surface area contributed by atoms with E-state index >= 15 is 0 Å². The topological polar surface area (TPSA) is 112 Å². The fourth-order valence-corrected chi connectivity index (χ4v) is 3.19. The molecule has 6 nitrogen and oxygen atoms in total. The third-order valence-electron chi connectivity index (χ3n) is 4.10. The molecule has 0 aliphatic heterocycles. The van der Waals surface area contributed by atoms with Gasteiger partial charge in [0.2, 0.25) is 0 Å². The molecule has 0 aromatic heterocycles. The molecule has 2 bridgehead atoms. The highest BCUT2D eigenvalue weighted by atomic mass is 16.4. The molecule has 0 saturated heterocycles. The summed E-state index contributed by atoms with van der Waals surface area (Å²) in [6, 6.07) is 0. The summed E-state index contributed by atoms with van der Waals surface area (Å²) in [6.45, 7) is 2.66. The second kappa shape index (κ2) is 6.07. The molecule has 1 fully saturated rings. The summed E-state index contributed by atoms with van der Waals surface area (Å²) < 4.78 is 0. The molecule has 2 aliphatic carbocycles. The van der Waals surface area contributed by atoms with Gasteiger partial charge in [-0.05, 0) is 37.5 Å². The Labute approximate surface area is 117 Å². The standard InChI is InChI=1S/C12H16O4.C2H4O2/c1-12(11(15)16,6-10(13)14)9-5-7-2-3-8(9)4-7;1-2(3)4/h2-3,7-9H,4-6H2,1H3,(H,13,14)(H,15,16);1H3,(H,3,4). The molecule has 2 rings (SSSR count). The van der Waals surface area contributed by atoms with Crippen molar-refractivity contribution < 1.29 is 29.7 Å². The van der Waals surface area contributed by atoms with Crippen LogP contribution in [0.3, 0.4) is 0 Å². The minimum Gasteiger partial charge on any atom is -0.481 e. The van der Waals surface area contributed by atoms with E-state index in [0.29, 0.717) is 5.92 Å². The lowest BCUT2D eigenvalue weighted by atomic mass is 9.69. The summed E-state index contributed by atoms with van der Waals surface area (Å²) in [7, 11) is 0. The van der Waals surface area contributed by atoms with E-state index in [1.165, 1.54) is 0 Å². The molecule has 20 heavy (non-hydrogen) atoms. The highest BCUT2D eigenvalue weighted by Crippen LogP contribution is 2.52. The Bertz CT molecular complexity index is 437. The summed E-state index contributed by atoms with van der Waals surface area (Å²) in [4.78, 5) is 31.1. The molecule has 1 saturated carbocycles. The van der Waals surface area contributed by atoms with Crippen LogP contribution in [0.4, 0.5) is 0 Å². The molecule has 0 heterocycles. The molecule has 0 radical (unpaired) electrons. The van der Waals surface area contributed by atoms with E-state index in [2.05, 4.69) is 12.2 Å². The summed E-state index contributed by atoms with van der Waals surface area (Å²) in [5.74, 6) is -2.17. The van der Waals surface area contributed by atoms with Crippen LogP contribution in [0.2, 0.25) is 0 Å². The average Bonchev–Trinajstić information content (AvgIpc) is 2.88. The maximum Gasteiger partial charge on any atom is 0.310 e. The number of fused-ring (bicyclic) bond motifs is 2. The minimum absolute atomic E-state index is 0.0314. The van der Waals surface area contributed by atoms with Gasteiger partial charge >= 0.3 is 11.9 Å². The van der Waals surface area contributed by atoms with Gasteiger partial charge < -0.3 is 15.3 Å². The number of rotatable bonds is 4. The predicted octanol–water partition coefficient (Wildman–Crippen LogP) is 1.86. The van der Waals surface area contributed by atoms with Crippen LogP contribution in [0.5, 0.6) is 0 Å². The Morgan fingerprint density at radius 1 is 1.15 bits per heavy atom. The molecule has 3 N–H and O–H groups in total. The minimum atomic E-state index is -1.13. The molecule has 2 aliphatic rings. The average molecular weight is 284 g/mol. The fraction of sp³-hybridized carbons (Fsp3) is 0.643. The largest absolute Gasteiger partial charge is 0.481 e. The summed E-state index contributed by atoms with van der Waals surface area (Å²) >= 11 is 0. The van der Waals surface area contributed by atoms with Crippen LogP contribution in [0.15, 0.2) is 12.2 Å². The van der Waals surface area contributed by atoms with Gasteiger partial charge in [0.15, 0.2) is 0 Å². The number of carbonyl (C=O) groups is 3. The maximum atomic E-state index is 11.3. The van der Waals surface area contributed by atoms with Gasteiger partial charge in [-0.15, -0.1) is 0 Å². The quantitative estimate of drug-likeness (QED) is 0.679. The highest BCUT2D eigenvalue weighted by Gasteiger charge is 2.51. The smallest absolute Gasteiger partial charge is 0.310 e. The zero-order valence-electron chi connectivity index (χ0n) is 11.6. The van der Waals surface area contributed by atoms with E-state index in [0.717, 1.165) is 19.8 Å². The van der Waals surface area contributed by atoms with Gasteiger partial charge in [-0.2, -0.15) is 0 Å². The van der Waals surface area contributed by atoms with Crippen LogP contribution in [0.1, 0.15) is 33.1 Å².